The highest BCUT2D eigenvalue weighted by Crippen LogP contribution is 2.58. The van der Waals surface area contributed by atoms with E-state index in [1.54, 1.807) is 0 Å². The van der Waals surface area contributed by atoms with Crippen molar-refractivity contribution < 1.29 is 24.2 Å². The van der Waals surface area contributed by atoms with Crippen LogP contribution in [0.4, 0.5) is 0 Å². The molecule has 0 aromatic carbocycles. The molecule has 22 heavy (non-hydrogen) atoms. The lowest BCUT2D eigenvalue weighted by Gasteiger charge is -2.43. The fourth-order valence-corrected chi connectivity index (χ4v) is 5.17. The number of esters is 2. The van der Waals surface area contributed by atoms with Gasteiger partial charge in [-0.05, 0) is 37.5 Å². The van der Waals surface area contributed by atoms with Crippen LogP contribution >= 0.6 is 0 Å². The maximum atomic E-state index is 12.1. The Bertz CT molecular complexity index is 476. The Hall–Kier alpha value is -1.10. The van der Waals surface area contributed by atoms with Crippen molar-refractivity contribution in [2.24, 2.45) is 29.1 Å². The molecule has 0 aromatic heterocycles. The molecule has 0 spiro atoms. The third-order valence-corrected chi connectivity index (χ3v) is 6.41. The summed E-state index contributed by atoms with van der Waals surface area (Å²) in [6.45, 7) is 5.66. The summed E-state index contributed by atoms with van der Waals surface area (Å²) in [6.07, 6.45) is 2.64. The summed E-state index contributed by atoms with van der Waals surface area (Å²) in [4.78, 5) is 23.5. The van der Waals surface area contributed by atoms with Crippen molar-refractivity contribution in [3.05, 3.63) is 0 Å². The molecule has 0 amide bonds. The second kappa shape index (κ2) is 5.52. The third-order valence-electron chi connectivity index (χ3n) is 6.41. The molecule has 3 aliphatic rings. The predicted molar refractivity (Wildman–Crippen MR) is 78.7 cm³/mol. The van der Waals surface area contributed by atoms with Crippen LogP contribution in [0.5, 0.6) is 0 Å². The lowest BCUT2D eigenvalue weighted by molar-refractivity contribution is -0.171. The molecule has 3 rings (SSSR count). The summed E-state index contributed by atoms with van der Waals surface area (Å²) in [6, 6.07) is 0. The van der Waals surface area contributed by atoms with Gasteiger partial charge in [-0.25, -0.2) is 0 Å². The zero-order valence-electron chi connectivity index (χ0n) is 13.6. The maximum Gasteiger partial charge on any atom is 0.309 e. The molecule has 7 atom stereocenters. The SMILES string of the molecule is CC(=O)OCC12C(O)CCC1C(C)CCC1C(C)C(=O)OC12. The Morgan fingerprint density at radius 1 is 1.32 bits per heavy atom. The molecule has 5 nitrogen and oxygen atoms in total. The molecule has 2 aliphatic carbocycles. The molecule has 0 aromatic rings. The highest BCUT2D eigenvalue weighted by atomic mass is 16.6. The van der Waals surface area contributed by atoms with Gasteiger partial charge in [-0.15, -0.1) is 0 Å². The van der Waals surface area contributed by atoms with Crippen LogP contribution in [0.3, 0.4) is 0 Å². The molecule has 0 bridgehead atoms. The summed E-state index contributed by atoms with van der Waals surface area (Å²) < 4.78 is 11.1. The fourth-order valence-electron chi connectivity index (χ4n) is 5.17. The first-order chi connectivity index (χ1) is 10.4. The Labute approximate surface area is 131 Å². The van der Waals surface area contributed by atoms with Gasteiger partial charge < -0.3 is 14.6 Å². The van der Waals surface area contributed by atoms with Crippen LogP contribution in [0.1, 0.15) is 46.5 Å². The van der Waals surface area contributed by atoms with Gasteiger partial charge in [0.1, 0.15) is 12.7 Å². The minimum Gasteiger partial charge on any atom is -0.465 e. The second-order valence-electron chi connectivity index (χ2n) is 7.46. The number of carbonyl (C=O) groups is 2. The lowest BCUT2D eigenvalue weighted by atomic mass is 9.66. The van der Waals surface area contributed by atoms with E-state index < -0.39 is 11.5 Å². The Balaban J connectivity index is 2.02. The minimum absolute atomic E-state index is 0.114. The smallest absolute Gasteiger partial charge is 0.309 e. The normalized spacial score (nSPS) is 47.4. The van der Waals surface area contributed by atoms with E-state index in [2.05, 4.69) is 6.92 Å². The number of aliphatic hydroxyl groups excluding tert-OH is 1. The number of ether oxygens (including phenoxy) is 2. The van der Waals surface area contributed by atoms with E-state index in [0.717, 1.165) is 19.3 Å². The van der Waals surface area contributed by atoms with E-state index in [1.807, 2.05) is 6.92 Å². The van der Waals surface area contributed by atoms with E-state index in [-0.39, 0.29) is 42.4 Å². The van der Waals surface area contributed by atoms with Crippen molar-refractivity contribution in [1.82, 2.24) is 0 Å². The van der Waals surface area contributed by atoms with Crippen molar-refractivity contribution in [1.29, 1.82) is 0 Å². The van der Waals surface area contributed by atoms with Crippen molar-refractivity contribution in [2.75, 3.05) is 6.61 Å². The van der Waals surface area contributed by atoms with E-state index >= 15 is 0 Å². The van der Waals surface area contributed by atoms with Gasteiger partial charge >= 0.3 is 11.9 Å². The van der Waals surface area contributed by atoms with Crippen LogP contribution < -0.4 is 0 Å². The maximum absolute atomic E-state index is 12.1. The average molecular weight is 310 g/mol. The number of rotatable bonds is 2. The van der Waals surface area contributed by atoms with E-state index in [0.29, 0.717) is 12.3 Å². The van der Waals surface area contributed by atoms with Crippen molar-refractivity contribution in [2.45, 2.75) is 58.7 Å². The number of carbonyl (C=O) groups excluding carboxylic acids is 2. The molecule has 1 N–H and O–H groups in total. The molecule has 0 radical (unpaired) electrons. The van der Waals surface area contributed by atoms with Crippen LogP contribution in [0.15, 0.2) is 0 Å². The third kappa shape index (κ3) is 2.16. The van der Waals surface area contributed by atoms with Crippen molar-refractivity contribution >= 4 is 11.9 Å². The van der Waals surface area contributed by atoms with Gasteiger partial charge in [0.2, 0.25) is 0 Å². The zero-order chi connectivity index (χ0) is 16.1. The van der Waals surface area contributed by atoms with Crippen LogP contribution in [0.2, 0.25) is 0 Å². The molecule has 3 fully saturated rings. The number of hydrogen-bond acceptors (Lipinski definition) is 5. The molecule has 1 aliphatic heterocycles. The fraction of sp³-hybridized carbons (Fsp3) is 0.882. The van der Waals surface area contributed by atoms with Crippen LogP contribution in [-0.4, -0.2) is 35.9 Å². The van der Waals surface area contributed by atoms with Crippen molar-refractivity contribution in [3.8, 4) is 0 Å². The van der Waals surface area contributed by atoms with Crippen LogP contribution in [-0.2, 0) is 19.1 Å². The average Bonchev–Trinajstić information content (AvgIpc) is 2.90. The van der Waals surface area contributed by atoms with Crippen LogP contribution in [0.25, 0.3) is 0 Å². The highest BCUT2D eigenvalue weighted by molar-refractivity contribution is 5.75. The topological polar surface area (TPSA) is 72.8 Å². The predicted octanol–water partition coefficient (Wildman–Crippen LogP) is 1.91. The molecule has 5 heteroatoms. The van der Waals surface area contributed by atoms with Gasteiger partial charge in [-0.2, -0.15) is 0 Å². The quantitative estimate of drug-likeness (QED) is 0.789. The van der Waals surface area contributed by atoms with Gasteiger partial charge in [-0.3, -0.25) is 9.59 Å². The lowest BCUT2D eigenvalue weighted by Crippen LogP contribution is -2.52. The Kier molecular flexibility index (Phi) is 3.96. The van der Waals surface area contributed by atoms with Gasteiger partial charge in [0.05, 0.1) is 17.4 Å². The second-order valence-corrected chi connectivity index (χ2v) is 7.46. The first-order valence-electron chi connectivity index (χ1n) is 8.40. The molecular formula is C17H26O5. The summed E-state index contributed by atoms with van der Waals surface area (Å²) in [5, 5.41) is 10.8. The van der Waals surface area contributed by atoms with Crippen LogP contribution in [0, 0.1) is 29.1 Å². The Morgan fingerprint density at radius 3 is 2.73 bits per heavy atom. The minimum atomic E-state index is -0.632. The summed E-state index contributed by atoms with van der Waals surface area (Å²) in [5.41, 5.74) is -0.632. The molecular weight excluding hydrogens is 284 g/mol. The van der Waals surface area contributed by atoms with E-state index in [9.17, 15) is 14.7 Å². The highest BCUT2D eigenvalue weighted by Gasteiger charge is 2.64. The monoisotopic (exact) mass is 310 g/mol. The number of hydrogen-bond donors (Lipinski definition) is 1. The summed E-state index contributed by atoms with van der Waals surface area (Å²) in [5.74, 6) is 0.114. The number of aliphatic hydroxyl groups is 1. The summed E-state index contributed by atoms with van der Waals surface area (Å²) in [7, 11) is 0. The molecule has 1 heterocycles. The van der Waals surface area contributed by atoms with Gasteiger partial charge in [-0.1, -0.05) is 13.8 Å². The standard InChI is InChI=1S/C17H26O5/c1-9-4-5-12-10(2)16(20)22-15(12)17(8-21-11(3)18)13(9)6-7-14(17)19/h9-10,12-15,19H,4-8H2,1-3H3. The first-order valence-corrected chi connectivity index (χ1v) is 8.40. The first kappa shape index (κ1) is 15.8. The molecule has 1 saturated heterocycles. The molecule has 7 unspecified atom stereocenters. The molecule has 2 saturated carbocycles. The van der Waals surface area contributed by atoms with Gasteiger partial charge in [0.15, 0.2) is 0 Å². The summed E-state index contributed by atoms with van der Waals surface area (Å²) >= 11 is 0. The van der Waals surface area contributed by atoms with Gasteiger partial charge in [0, 0.05) is 12.8 Å². The zero-order valence-corrected chi connectivity index (χ0v) is 13.6. The molecule has 124 valence electrons. The van der Waals surface area contributed by atoms with E-state index in [1.165, 1.54) is 6.92 Å². The van der Waals surface area contributed by atoms with E-state index in [4.69, 9.17) is 9.47 Å². The van der Waals surface area contributed by atoms with Gasteiger partial charge in [0.25, 0.3) is 0 Å². The number of fused-ring (bicyclic) bond motifs is 3. The Morgan fingerprint density at radius 2 is 2.05 bits per heavy atom. The van der Waals surface area contributed by atoms with Crippen molar-refractivity contribution in [3.63, 3.8) is 0 Å². The largest absolute Gasteiger partial charge is 0.465 e.